The highest BCUT2D eigenvalue weighted by Gasteiger charge is 2.30. The van der Waals surface area contributed by atoms with Gasteiger partial charge < -0.3 is 14.7 Å². The van der Waals surface area contributed by atoms with Crippen LogP contribution >= 0.6 is 0 Å². The van der Waals surface area contributed by atoms with Gasteiger partial charge in [-0.25, -0.2) is 4.98 Å². The van der Waals surface area contributed by atoms with E-state index in [1.807, 2.05) is 79.9 Å². The van der Waals surface area contributed by atoms with Crippen LogP contribution in [0.2, 0.25) is 0 Å². The minimum absolute atomic E-state index is 0.189. The maximum absolute atomic E-state index is 13.4. The number of carboxylic acids is 1. The zero-order valence-electron chi connectivity index (χ0n) is 20.0. The number of hydrogen-bond acceptors (Lipinski definition) is 4. The van der Waals surface area contributed by atoms with Crippen molar-refractivity contribution in [3.8, 4) is 11.4 Å². The van der Waals surface area contributed by atoms with E-state index in [-0.39, 0.29) is 18.1 Å². The molecule has 1 amide bonds. The van der Waals surface area contributed by atoms with Gasteiger partial charge in [-0.3, -0.25) is 14.2 Å². The molecule has 0 aliphatic carbocycles. The number of imidazole rings is 1. The van der Waals surface area contributed by atoms with Gasteiger partial charge in [0, 0.05) is 24.2 Å². The van der Waals surface area contributed by atoms with Gasteiger partial charge in [-0.15, -0.1) is 0 Å². The first kappa shape index (κ1) is 22.7. The average Bonchev–Trinajstić information content (AvgIpc) is 3.31. The predicted molar refractivity (Wildman–Crippen MR) is 133 cm³/mol. The van der Waals surface area contributed by atoms with E-state index in [1.165, 1.54) is 4.90 Å². The first-order valence-electron chi connectivity index (χ1n) is 11.6. The first-order chi connectivity index (χ1) is 16.7. The second kappa shape index (κ2) is 8.58. The van der Waals surface area contributed by atoms with Crippen molar-refractivity contribution in [3.63, 3.8) is 0 Å². The molecule has 1 N–H and O–H groups in total. The largest absolute Gasteiger partial charge is 0.487 e. The zero-order valence-corrected chi connectivity index (χ0v) is 20.0. The number of aromatic nitrogens is 2. The molecule has 7 nitrogen and oxygen atoms in total. The molecule has 0 saturated carbocycles. The minimum Gasteiger partial charge on any atom is -0.487 e. The van der Waals surface area contributed by atoms with Gasteiger partial charge in [0.15, 0.2) is 0 Å². The molecular formula is C28H27N3O4. The number of carbonyl (C=O) groups excluding carboxylic acids is 1. The number of carboxylic acid groups (broad SMARTS) is 1. The molecule has 178 valence electrons. The molecule has 0 bridgehead atoms. The molecule has 2 heterocycles. The molecule has 3 aromatic carbocycles. The fourth-order valence-corrected chi connectivity index (χ4v) is 4.76. The highest BCUT2D eigenvalue weighted by molar-refractivity contribution is 5.98. The molecule has 0 spiro atoms. The number of aliphatic carboxylic acids is 1. The quantitative estimate of drug-likeness (QED) is 0.440. The molecular weight excluding hydrogens is 442 g/mol. The van der Waals surface area contributed by atoms with E-state index in [0.29, 0.717) is 11.1 Å². The number of carbonyl (C=O) groups is 2. The van der Waals surface area contributed by atoms with Gasteiger partial charge in [-0.2, -0.15) is 0 Å². The summed E-state index contributed by atoms with van der Waals surface area (Å²) in [6, 6.07) is 21.0. The summed E-state index contributed by atoms with van der Waals surface area (Å²) in [5.41, 5.74) is 4.63. The molecule has 7 heteroatoms. The molecule has 1 aliphatic heterocycles. The number of rotatable bonds is 6. The summed E-state index contributed by atoms with van der Waals surface area (Å²) in [6.07, 6.45) is 0.767. The van der Waals surface area contributed by atoms with Crippen molar-refractivity contribution < 1.29 is 19.4 Å². The Morgan fingerprint density at radius 1 is 1.09 bits per heavy atom. The van der Waals surface area contributed by atoms with Crippen LogP contribution in [0, 0.1) is 6.92 Å². The Hall–Kier alpha value is -4.13. The summed E-state index contributed by atoms with van der Waals surface area (Å²) in [6.45, 7) is 5.78. The van der Waals surface area contributed by atoms with E-state index in [1.54, 1.807) is 12.1 Å². The summed E-state index contributed by atoms with van der Waals surface area (Å²) in [5.74, 6) is 0.235. The van der Waals surface area contributed by atoms with E-state index in [0.717, 1.165) is 40.3 Å². The van der Waals surface area contributed by atoms with Crippen LogP contribution in [0.3, 0.4) is 0 Å². The number of nitrogens with zero attached hydrogens (tertiary/aromatic N) is 3. The lowest BCUT2D eigenvalue weighted by Gasteiger charge is -2.21. The summed E-state index contributed by atoms with van der Waals surface area (Å²) in [7, 11) is 0. The third-order valence-electron chi connectivity index (χ3n) is 6.20. The molecule has 0 unspecified atom stereocenters. The van der Waals surface area contributed by atoms with Crippen molar-refractivity contribution in [3.05, 3.63) is 89.2 Å². The van der Waals surface area contributed by atoms with Gasteiger partial charge in [0.05, 0.1) is 11.0 Å². The number of fused-ring (bicyclic) bond motifs is 2. The van der Waals surface area contributed by atoms with Crippen LogP contribution in [0.25, 0.3) is 16.7 Å². The highest BCUT2D eigenvalue weighted by atomic mass is 16.5. The van der Waals surface area contributed by atoms with Crippen LogP contribution in [0.4, 0.5) is 0 Å². The van der Waals surface area contributed by atoms with Gasteiger partial charge in [0.2, 0.25) is 0 Å². The third kappa shape index (κ3) is 4.49. The zero-order chi connectivity index (χ0) is 24.7. The third-order valence-corrected chi connectivity index (χ3v) is 6.20. The summed E-state index contributed by atoms with van der Waals surface area (Å²) in [5, 5.41) is 9.49. The standard InChI is InChI=1S/C28H27N3O4/c1-18-29-23-14-20(10-11-24(23)31(18)22-7-5-4-6-8-22)27(34)30(17-26(32)33)16-19-9-12-25-21(13-19)15-28(2,3)35-25/h4-14H,15-17H2,1-3H3,(H,32,33). The van der Waals surface area contributed by atoms with Crippen molar-refractivity contribution in [1.29, 1.82) is 0 Å². The Labute approximate surface area is 203 Å². The van der Waals surface area contributed by atoms with Crippen molar-refractivity contribution in [2.45, 2.75) is 39.3 Å². The fraction of sp³-hybridized carbons (Fsp3) is 0.250. The van der Waals surface area contributed by atoms with E-state index in [9.17, 15) is 14.7 Å². The Kier molecular flexibility index (Phi) is 5.55. The van der Waals surface area contributed by atoms with Gasteiger partial charge >= 0.3 is 5.97 Å². The molecule has 0 saturated heterocycles. The van der Waals surface area contributed by atoms with Crippen LogP contribution in [0.5, 0.6) is 5.75 Å². The monoisotopic (exact) mass is 469 g/mol. The Bertz CT molecular complexity index is 1440. The Balaban J connectivity index is 1.44. The average molecular weight is 470 g/mol. The second-order valence-electron chi connectivity index (χ2n) is 9.57. The van der Waals surface area contributed by atoms with Crippen molar-refractivity contribution in [2.75, 3.05) is 6.54 Å². The van der Waals surface area contributed by atoms with Gasteiger partial charge in [-0.05, 0) is 68.3 Å². The smallest absolute Gasteiger partial charge is 0.323 e. The lowest BCUT2D eigenvalue weighted by Crippen LogP contribution is -2.35. The highest BCUT2D eigenvalue weighted by Crippen LogP contribution is 2.35. The Morgan fingerprint density at radius 2 is 1.86 bits per heavy atom. The number of amides is 1. The van der Waals surface area contributed by atoms with Crippen molar-refractivity contribution in [2.24, 2.45) is 0 Å². The summed E-state index contributed by atoms with van der Waals surface area (Å²) in [4.78, 5) is 31.0. The topological polar surface area (TPSA) is 84.7 Å². The minimum atomic E-state index is -1.06. The molecule has 35 heavy (non-hydrogen) atoms. The van der Waals surface area contributed by atoms with Gasteiger partial charge in [0.1, 0.15) is 23.7 Å². The summed E-state index contributed by atoms with van der Waals surface area (Å²) < 4.78 is 7.97. The first-order valence-corrected chi connectivity index (χ1v) is 11.6. The van der Waals surface area contributed by atoms with Crippen LogP contribution in [0.1, 0.15) is 41.2 Å². The Morgan fingerprint density at radius 3 is 2.60 bits per heavy atom. The van der Waals surface area contributed by atoms with E-state index in [4.69, 9.17) is 4.74 Å². The van der Waals surface area contributed by atoms with E-state index < -0.39 is 12.5 Å². The van der Waals surface area contributed by atoms with E-state index in [2.05, 4.69) is 4.98 Å². The molecule has 0 radical (unpaired) electrons. The van der Waals surface area contributed by atoms with Crippen LogP contribution in [-0.2, 0) is 17.8 Å². The fourth-order valence-electron chi connectivity index (χ4n) is 4.76. The lowest BCUT2D eigenvalue weighted by molar-refractivity contribution is -0.137. The molecule has 0 atom stereocenters. The summed E-state index contributed by atoms with van der Waals surface area (Å²) >= 11 is 0. The predicted octanol–water partition coefficient (Wildman–Crippen LogP) is 4.77. The number of para-hydroxylation sites is 1. The molecule has 5 rings (SSSR count). The van der Waals surface area contributed by atoms with Gasteiger partial charge in [-0.1, -0.05) is 30.3 Å². The van der Waals surface area contributed by atoms with E-state index >= 15 is 0 Å². The molecule has 1 aromatic heterocycles. The molecule has 1 aliphatic rings. The number of hydrogen-bond donors (Lipinski definition) is 1. The van der Waals surface area contributed by atoms with Crippen molar-refractivity contribution in [1.82, 2.24) is 14.5 Å². The number of benzene rings is 3. The van der Waals surface area contributed by atoms with Crippen LogP contribution in [0.15, 0.2) is 66.7 Å². The molecule has 0 fully saturated rings. The van der Waals surface area contributed by atoms with Gasteiger partial charge in [0.25, 0.3) is 5.91 Å². The van der Waals surface area contributed by atoms with Crippen LogP contribution in [-0.4, -0.2) is 43.6 Å². The lowest BCUT2D eigenvalue weighted by atomic mass is 10.00. The molecule has 4 aromatic rings. The maximum atomic E-state index is 13.4. The van der Waals surface area contributed by atoms with Crippen LogP contribution < -0.4 is 4.74 Å². The SMILES string of the molecule is Cc1nc2cc(C(=O)N(CC(=O)O)Cc3ccc4c(c3)CC(C)(C)O4)ccc2n1-c1ccccc1. The second-order valence-corrected chi connectivity index (χ2v) is 9.57. The number of ether oxygens (including phenoxy) is 1. The number of aryl methyl sites for hydroxylation is 1. The van der Waals surface area contributed by atoms with Crippen molar-refractivity contribution >= 4 is 22.9 Å². The normalized spacial score (nSPS) is 13.9. The maximum Gasteiger partial charge on any atom is 0.323 e.